The van der Waals surface area contributed by atoms with E-state index < -0.39 is 0 Å². The Hall–Kier alpha value is -1.03. The second-order valence-corrected chi connectivity index (χ2v) is 2.94. The first kappa shape index (κ1) is 10.1. The molecular weight excluding hydrogens is 182 g/mol. The molecule has 0 saturated carbocycles. The molecule has 1 heterocycles. The highest BCUT2D eigenvalue weighted by molar-refractivity contribution is 7.79. The predicted molar refractivity (Wildman–Crippen MR) is 58.5 cm³/mol. The van der Waals surface area contributed by atoms with E-state index in [0.29, 0.717) is 0 Å². The van der Waals surface area contributed by atoms with Gasteiger partial charge >= 0.3 is 0 Å². The standard InChI is InChI=1S/C9H13N3S/c1-4-8-7(5-13)9(10-3)12-6(2)11-8/h5H,4H2,1-3H3,(H,10,11,12). The molecule has 0 atom stereocenters. The molecule has 1 rings (SSSR count). The molecule has 1 N–H and O–H groups in total. The van der Waals surface area contributed by atoms with E-state index in [1.54, 1.807) is 5.37 Å². The Labute approximate surface area is 83.6 Å². The molecule has 1 aromatic heterocycles. The van der Waals surface area contributed by atoms with Crippen LogP contribution in [0.15, 0.2) is 0 Å². The van der Waals surface area contributed by atoms with Crippen LogP contribution in [0.5, 0.6) is 0 Å². The van der Waals surface area contributed by atoms with Gasteiger partial charge in [0.05, 0.1) is 5.69 Å². The Balaban J connectivity index is 3.33. The number of anilines is 1. The van der Waals surface area contributed by atoms with E-state index >= 15 is 0 Å². The average molecular weight is 195 g/mol. The summed E-state index contributed by atoms with van der Waals surface area (Å²) in [5.41, 5.74) is 1.94. The van der Waals surface area contributed by atoms with Crippen LogP contribution in [-0.4, -0.2) is 22.4 Å². The number of rotatable bonds is 3. The van der Waals surface area contributed by atoms with Crippen LogP contribution in [0.3, 0.4) is 0 Å². The molecule has 0 unspecified atom stereocenters. The third kappa shape index (κ3) is 2.01. The first-order chi connectivity index (χ1) is 6.22. The van der Waals surface area contributed by atoms with Gasteiger partial charge in [0, 0.05) is 18.0 Å². The van der Waals surface area contributed by atoms with E-state index in [2.05, 4.69) is 22.2 Å². The Morgan fingerprint density at radius 1 is 1.46 bits per heavy atom. The molecule has 3 nitrogen and oxygen atoms in total. The number of hydrogen-bond donors (Lipinski definition) is 1. The molecule has 0 bridgehead atoms. The van der Waals surface area contributed by atoms with Crippen LogP contribution < -0.4 is 5.32 Å². The summed E-state index contributed by atoms with van der Waals surface area (Å²) in [6.45, 7) is 3.94. The average Bonchev–Trinajstić information content (AvgIpc) is 2.16. The summed E-state index contributed by atoms with van der Waals surface area (Å²) >= 11 is 4.92. The van der Waals surface area contributed by atoms with Gasteiger partial charge in [-0.15, -0.1) is 0 Å². The van der Waals surface area contributed by atoms with E-state index in [-0.39, 0.29) is 0 Å². The van der Waals surface area contributed by atoms with Gasteiger partial charge in [-0.25, -0.2) is 9.97 Å². The van der Waals surface area contributed by atoms with Crippen LogP contribution in [0.4, 0.5) is 5.82 Å². The van der Waals surface area contributed by atoms with E-state index in [1.807, 2.05) is 14.0 Å². The molecule has 0 spiro atoms. The lowest BCUT2D eigenvalue weighted by atomic mass is 10.2. The normalized spacial score (nSPS) is 9.77. The van der Waals surface area contributed by atoms with Crippen LogP contribution in [0.1, 0.15) is 24.0 Å². The lowest BCUT2D eigenvalue weighted by Crippen LogP contribution is -2.06. The molecule has 0 amide bonds. The monoisotopic (exact) mass is 195 g/mol. The highest BCUT2D eigenvalue weighted by Gasteiger charge is 2.07. The topological polar surface area (TPSA) is 37.8 Å². The van der Waals surface area contributed by atoms with Crippen molar-refractivity contribution in [2.75, 3.05) is 12.4 Å². The van der Waals surface area contributed by atoms with Crippen molar-refractivity contribution in [3.05, 3.63) is 17.1 Å². The van der Waals surface area contributed by atoms with Crippen molar-refractivity contribution in [3.8, 4) is 0 Å². The smallest absolute Gasteiger partial charge is 0.137 e. The Kier molecular flexibility index (Phi) is 3.31. The summed E-state index contributed by atoms with van der Waals surface area (Å²) in [6.07, 6.45) is 0.876. The van der Waals surface area contributed by atoms with Gasteiger partial charge in [0.25, 0.3) is 0 Å². The lowest BCUT2D eigenvalue weighted by Gasteiger charge is -2.08. The molecule has 0 fully saturated rings. The van der Waals surface area contributed by atoms with Crippen LogP contribution in [-0.2, 0) is 6.42 Å². The minimum atomic E-state index is 0.779. The van der Waals surface area contributed by atoms with Crippen molar-refractivity contribution >= 4 is 23.4 Å². The van der Waals surface area contributed by atoms with E-state index in [9.17, 15) is 0 Å². The Bertz CT molecular complexity index is 298. The van der Waals surface area contributed by atoms with Crippen LogP contribution in [0.2, 0.25) is 0 Å². The number of thiocarbonyl (C=S) groups is 1. The SMILES string of the molecule is CCc1nc(C)nc(NC)c1C=S. The molecule has 0 aliphatic rings. The van der Waals surface area contributed by atoms with Gasteiger partial charge in [0.15, 0.2) is 0 Å². The van der Waals surface area contributed by atoms with Crippen molar-refractivity contribution in [2.45, 2.75) is 20.3 Å². The maximum absolute atomic E-state index is 4.92. The molecule has 1 aromatic rings. The second-order valence-electron chi connectivity index (χ2n) is 2.70. The fourth-order valence-corrected chi connectivity index (χ4v) is 1.47. The minimum Gasteiger partial charge on any atom is -0.373 e. The number of hydrogen-bond acceptors (Lipinski definition) is 4. The first-order valence-electron chi connectivity index (χ1n) is 4.23. The minimum absolute atomic E-state index is 0.779. The van der Waals surface area contributed by atoms with Crippen LogP contribution >= 0.6 is 12.2 Å². The van der Waals surface area contributed by atoms with Crippen molar-refractivity contribution in [2.24, 2.45) is 0 Å². The number of nitrogens with zero attached hydrogens (tertiary/aromatic N) is 2. The van der Waals surface area contributed by atoms with Gasteiger partial charge in [-0.05, 0) is 13.3 Å². The molecule has 0 radical (unpaired) electrons. The summed E-state index contributed by atoms with van der Waals surface area (Å²) in [7, 11) is 1.84. The third-order valence-corrected chi connectivity index (χ3v) is 2.06. The molecule has 0 aliphatic carbocycles. The van der Waals surface area contributed by atoms with Crippen LogP contribution in [0.25, 0.3) is 0 Å². The fraction of sp³-hybridized carbons (Fsp3) is 0.444. The first-order valence-corrected chi connectivity index (χ1v) is 4.70. The van der Waals surface area contributed by atoms with E-state index in [1.165, 1.54) is 0 Å². The van der Waals surface area contributed by atoms with Crippen molar-refractivity contribution in [1.29, 1.82) is 0 Å². The van der Waals surface area contributed by atoms with Gasteiger partial charge in [0.2, 0.25) is 0 Å². The summed E-state index contributed by atoms with van der Waals surface area (Å²) in [5.74, 6) is 1.60. The maximum Gasteiger partial charge on any atom is 0.137 e. The van der Waals surface area contributed by atoms with Gasteiger partial charge in [-0.3, -0.25) is 0 Å². The van der Waals surface area contributed by atoms with E-state index in [0.717, 1.165) is 29.3 Å². The highest BCUT2D eigenvalue weighted by atomic mass is 32.1. The Morgan fingerprint density at radius 3 is 2.62 bits per heavy atom. The zero-order valence-corrected chi connectivity index (χ0v) is 8.90. The molecule has 0 aromatic carbocycles. The summed E-state index contributed by atoms with van der Waals surface area (Å²) in [4.78, 5) is 8.57. The molecule has 0 aliphatic heterocycles. The number of aryl methyl sites for hydroxylation is 2. The number of aromatic nitrogens is 2. The maximum atomic E-state index is 4.92. The molecule has 70 valence electrons. The second kappa shape index (κ2) is 4.28. The highest BCUT2D eigenvalue weighted by Crippen LogP contribution is 2.14. The fourth-order valence-electron chi connectivity index (χ4n) is 1.22. The van der Waals surface area contributed by atoms with Crippen molar-refractivity contribution < 1.29 is 0 Å². The summed E-state index contributed by atoms with van der Waals surface area (Å²) < 4.78 is 0. The van der Waals surface area contributed by atoms with Crippen LogP contribution in [0, 0.1) is 6.92 Å². The number of nitrogens with one attached hydrogen (secondary N) is 1. The lowest BCUT2D eigenvalue weighted by molar-refractivity contribution is 0.947. The Morgan fingerprint density at radius 2 is 2.15 bits per heavy atom. The predicted octanol–water partition coefficient (Wildman–Crippen LogP) is 1.74. The zero-order valence-electron chi connectivity index (χ0n) is 8.09. The summed E-state index contributed by atoms with van der Waals surface area (Å²) in [5, 5.41) is 4.64. The van der Waals surface area contributed by atoms with Crippen molar-refractivity contribution in [1.82, 2.24) is 9.97 Å². The molecule has 13 heavy (non-hydrogen) atoms. The van der Waals surface area contributed by atoms with Gasteiger partial charge in [-0.2, -0.15) is 0 Å². The van der Waals surface area contributed by atoms with Gasteiger partial charge < -0.3 is 5.32 Å². The largest absolute Gasteiger partial charge is 0.373 e. The van der Waals surface area contributed by atoms with Gasteiger partial charge in [0.1, 0.15) is 11.6 Å². The quantitative estimate of drug-likeness (QED) is 0.745. The molecule has 4 heteroatoms. The van der Waals surface area contributed by atoms with Gasteiger partial charge in [-0.1, -0.05) is 19.1 Å². The summed E-state index contributed by atoms with van der Waals surface area (Å²) in [6, 6.07) is 0. The van der Waals surface area contributed by atoms with Crippen molar-refractivity contribution in [3.63, 3.8) is 0 Å². The molecule has 0 saturated heterocycles. The third-order valence-electron chi connectivity index (χ3n) is 1.83. The molecular formula is C9H13N3S. The zero-order chi connectivity index (χ0) is 9.84. The van der Waals surface area contributed by atoms with E-state index in [4.69, 9.17) is 12.2 Å².